The minimum Gasteiger partial charge on any atom is -0.269 e. The molecule has 0 atom stereocenters. The molecule has 0 spiro atoms. The molecular weight excluding hydrogens is 268 g/mol. The summed E-state index contributed by atoms with van der Waals surface area (Å²) in [6.07, 6.45) is 0.562. The van der Waals surface area contributed by atoms with Gasteiger partial charge in [-0.25, -0.2) is 4.98 Å². The van der Waals surface area contributed by atoms with E-state index in [0.717, 1.165) is 20.9 Å². The average molecular weight is 279 g/mol. The van der Waals surface area contributed by atoms with E-state index in [4.69, 9.17) is 11.6 Å². The van der Waals surface area contributed by atoms with Crippen LogP contribution in [0, 0.1) is 6.92 Å². The molecule has 0 saturated carbocycles. The summed E-state index contributed by atoms with van der Waals surface area (Å²) >= 11 is 7.29. The lowest BCUT2D eigenvalue weighted by atomic mass is 10.2. The van der Waals surface area contributed by atoms with Crippen LogP contribution in [0.15, 0.2) is 29.1 Å². The zero-order chi connectivity index (χ0) is 12.7. The maximum atomic E-state index is 12.5. The van der Waals surface area contributed by atoms with Gasteiger partial charge in [-0.05, 0) is 25.5 Å². The molecule has 3 aromatic rings. The number of hydrogen-bond acceptors (Lipinski definition) is 3. The number of nitrogens with zero attached hydrogens (tertiary/aromatic N) is 2. The van der Waals surface area contributed by atoms with Gasteiger partial charge < -0.3 is 0 Å². The maximum absolute atomic E-state index is 12.5. The topological polar surface area (TPSA) is 34.4 Å². The molecule has 0 saturated heterocycles. The fraction of sp³-hybridized carbons (Fsp3) is 0.231. The number of fused-ring (bicyclic) bond motifs is 3. The number of hydrogen-bond donors (Lipinski definition) is 0. The number of para-hydroxylation sites is 1. The van der Waals surface area contributed by atoms with E-state index >= 15 is 0 Å². The highest BCUT2D eigenvalue weighted by atomic mass is 35.5. The zero-order valence-electron chi connectivity index (χ0n) is 9.81. The average Bonchev–Trinajstić information content (AvgIpc) is 2.72. The third-order valence-corrected chi connectivity index (χ3v) is 4.22. The Morgan fingerprint density at radius 2 is 2.17 bits per heavy atom. The molecule has 0 aliphatic carbocycles. The number of aromatic nitrogens is 2. The summed E-state index contributed by atoms with van der Waals surface area (Å²) < 4.78 is 2.76. The molecule has 0 amide bonds. The predicted octanol–water partition coefficient (Wildman–Crippen LogP) is 3.00. The van der Waals surface area contributed by atoms with Gasteiger partial charge in [0.1, 0.15) is 0 Å². The van der Waals surface area contributed by atoms with Gasteiger partial charge >= 0.3 is 0 Å². The molecule has 92 valence electrons. The Kier molecular flexibility index (Phi) is 2.84. The minimum atomic E-state index is 0.00981. The van der Waals surface area contributed by atoms with Crippen LogP contribution in [-0.4, -0.2) is 15.3 Å². The lowest BCUT2D eigenvalue weighted by Crippen LogP contribution is -2.20. The third-order valence-electron chi connectivity index (χ3n) is 3.00. The monoisotopic (exact) mass is 278 g/mol. The summed E-state index contributed by atoms with van der Waals surface area (Å²) in [6, 6.07) is 7.85. The van der Waals surface area contributed by atoms with Crippen LogP contribution in [-0.2, 0) is 6.42 Å². The van der Waals surface area contributed by atoms with Crippen molar-refractivity contribution in [3.63, 3.8) is 0 Å². The summed E-state index contributed by atoms with van der Waals surface area (Å²) in [5.74, 6) is 0.436. The van der Waals surface area contributed by atoms with E-state index < -0.39 is 0 Å². The smallest absolute Gasteiger partial charge is 0.262 e. The molecule has 2 heterocycles. The van der Waals surface area contributed by atoms with Crippen LogP contribution >= 0.6 is 22.9 Å². The van der Waals surface area contributed by atoms with Gasteiger partial charge in [-0.2, -0.15) is 0 Å². The van der Waals surface area contributed by atoms with Crippen molar-refractivity contribution in [3.8, 4) is 0 Å². The van der Waals surface area contributed by atoms with Gasteiger partial charge in [0, 0.05) is 17.1 Å². The Labute approximate surface area is 113 Å². The minimum absolute atomic E-state index is 0.00981. The van der Waals surface area contributed by atoms with Crippen molar-refractivity contribution >= 4 is 38.1 Å². The predicted molar refractivity (Wildman–Crippen MR) is 76.0 cm³/mol. The van der Waals surface area contributed by atoms with Crippen LogP contribution in [0.1, 0.15) is 11.3 Å². The molecular formula is C13H11ClN2OS. The second-order valence-electron chi connectivity index (χ2n) is 4.11. The van der Waals surface area contributed by atoms with Crippen molar-refractivity contribution in [2.24, 2.45) is 0 Å². The van der Waals surface area contributed by atoms with Crippen molar-refractivity contribution in [2.75, 3.05) is 5.88 Å². The molecule has 0 radical (unpaired) electrons. The number of aryl methyl sites for hydroxylation is 1. The highest BCUT2D eigenvalue weighted by Crippen LogP contribution is 2.24. The van der Waals surface area contributed by atoms with Gasteiger partial charge in [-0.1, -0.05) is 23.5 Å². The lowest BCUT2D eigenvalue weighted by Gasteiger charge is -2.03. The molecule has 3 nitrogen and oxygen atoms in total. The fourth-order valence-corrected chi connectivity index (χ4v) is 3.38. The first-order valence-corrected chi connectivity index (χ1v) is 7.03. The van der Waals surface area contributed by atoms with E-state index in [2.05, 4.69) is 4.98 Å². The Bertz CT molecular complexity index is 791. The summed E-state index contributed by atoms with van der Waals surface area (Å²) in [6.45, 7) is 1.87. The largest absolute Gasteiger partial charge is 0.269 e. The molecule has 1 aromatic carbocycles. The Balaban J connectivity index is 2.49. The second-order valence-corrected chi connectivity index (χ2v) is 5.49. The first kappa shape index (κ1) is 11.7. The van der Waals surface area contributed by atoms with Crippen LogP contribution < -0.4 is 5.56 Å². The van der Waals surface area contributed by atoms with Gasteiger partial charge in [0.15, 0.2) is 4.96 Å². The quantitative estimate of drug-likeness (QED) is 0.676. The molecule has 0 bridgehead atoms. The molecule has 0 N–H and O–H groups in total. The van der Waals surface area contributed by atoms with Gasteiger partial charge in [0.25, 0.3) is 5.56 Å². The van der Waals surface area contributed by atoms with Crippen molar-refractivity contribution in [2.45, 2.75) is 13.3 Å². The number of rotatable bonds is 2. The fourth-order valence-electron chi connectivity index (χ4n) is 2.13. The molecule has 0 aliphatic heterocycles. The van der Waals surface area contributed by atoms with Crippen LogP contribution in [0.5, 0.6) is 0 Å². The van der Waals surface area contributed by atoms with Gasteiger partial charge in [-0.15, -0.1) is 11.6 Å². The van der Waals surface area contributed by atoms with Crippen molar-refractivity contribution in [1.29, 1.82) is 0 Å². The molecule has 0 unspecified atom stereocenters. The van der Waals surface area contributed by atoms with Crippen molar-refractivity contribution in [1.82, 2.24) is 9.38 Å². The molecule has 0 aliphatic rings. The number of halogens is 1. The Hall–Kier alpha value is -1.39. The lowest BCUT2D eigenvalue weighted by molar-refractivity contribution is 0.970. The highest BCUT2D eigenvalue weighted by molar-refractivity contribution is 7.23. The standard InChI is InChI=1S/C13H11ClN2OS/c1-8-9(6-7-14)12(17)16-10-4-2-3-5-11(10)18-13(16)15-8/h2-5H,6-7H2,1H3. The summed E-state index contributed by atoms with van der Waals surface area (Å²) in [4.78, 5) is 17.7. The maximum Gasteiger partial charge on any atom is 0.262 e. The van der Waals surface area contributed by atoms with Crippen LogP contribution in [0.2, 0.25) is 0 Å². The van der Waals surface area contributed by atoms with Crippen molar-refractivity contribution < 1.29 is 0 Å². The molecule has 3 rings (SSSR count). The first-order valence-electron chi connectivity index (χ1n) is 5.68. The van der Waals surface area contributed by atoms with E-state index in [0.29, 0.717) is 17.9 Å². The van der Waals surface area contributed by atoms with Crippen LogP contribution in [0.25, 0.3) is 15.2 Å². The van der Waals surface area contributed by atoms with E-state index in [1.165, 1.54) is 11.3 Å². The van der Waals surface area contributed by atoms with E-state index in [1.807, 2.05) is 31.2 Å². The number of benzene rings is 1. The Morgan fingerprint density at radius 1 is 1.39 bits per heavy atom. The molecule has 0 fully saturated rings. The van der Waals surface area contributed by atoms with Gasteiger partial charge in [0.2, 0.25) is 0 Å². The molecule has 5 heteroatoms. The first-order chi connectivity index (χ1) is 8.72. The van der Waals surface area contributed by atoms with E-state index in [9.17, 15) is 4.79 Å². The van der Waals surface area contributed by atoms with E-state index in [-0.39, 0.29) is 5.56 Å². The molecule has 18 heavy (non-hydrogen) atoms. The zero-order valence-corrected chi connectivity index (χ0v) is 11.4. The van der Waals surface area contributed by atoms with Gasteiger partial charge in [-0.3, -0.25) is 9.20 Å². The highest BCUT2D eigenvalue weighted by Gasteiger charge is 2.13. The van der Waals surface area contributed by atoms with Crippen LogP contribution in [0.4, 0.5) is 0 Å². The van der Waals surface area contributed by atoms with Crippen LogP contribution in [0.3, 0.4) is 0 Å². The SMILES string of the molecule is Cc1nc2sc3ccccc3n2c(=O)c1CCCl. The number of alkyl halides is 1. The second kappa shape index (κ2) is 4.37. The van der Waals surface area contributed by atoms with Crippen molar-refractivity contribution in [3.05, 3.63) is 45.9 Å². The third kappa shape index (κ3) is 1.64. The summed E-state index contributed by atoms with van der Waals surface area (Å²) in [5, 5.41) is 0. The summed E-state index contributed by atoms with van der Waals surface area (Å²) in [5.41, 5.74) is 2.43. The Morgan fingerprint density at radius 3 is 2.94 bits per heavy atom. The molecule has 2 aromatic heterocycles. The normalized spacial score (nSPS) is 11.4. The van der Waals surface area contributed by atoms with E-state index in [1.54, 1.807) is 4.40 Å². The van der Waals surface area contributed by atoms with Gasteiger partial charge in [0.05, 0.1) is 10.2 Å². The number of thiazole rings is 1. The summed E-state index contributed by atoms with van der Waals surface area (Å²) in [7, 11) is 0.